The van der Waals surface area contributed by atoms with Gasteiger partial charge in [-0.2, -0.15) is 5.10 Å². The Labute approximate surface area is 153 Å². The largest absolute Gasteiger partial charge is 0.381 e. The second kappa shape index (κ2) is 8.45. The van der Waals surface area contributed by atoms with Crippen molar-refractivity contribution in [2.45, 2.75) is 51.7 Å². The van der Waals surface area contributed by atoms with E-state index in [4.69, 9.17) is 4.74 Å². The van der Waals surface area contributed by atoms with Crippen LogP contribution in [0.25, 0.3) is 10.8 Å². The van der Waals surface area contributed by atoms with Crippen molar-refractivity contribution >= 4 is 16.7 Å². The number of amides is 1. The number of hydrogen-bond acceptors (Lipinski definition) is 4. The number of fused-ring (bicyclic) bond motifs is 1. The van der Waals surface area contributed by atoms with Gasteiger partial charge in [0.1, 0.15) is 0 Å². The molecule has 1 saturated heterocycles. The molecule has 0 saturated carbocycles. The van der Waals surface area contributed by atoms with Gasteiger partial charge in [-0.15, -0.1) is 0 Å². The maximum absolute atomic E-state index is 13.1. The normalized spacial score (nSPS) is 15.5. The van der Waals surface area contributed by atoms with Crippen molar-refractivity contribution in [2.24, 2.45) is 0 Å². The van der Waals surface area contributed by atoms with Crippen molar-refractivity contribution in [2.75, 3.05) is 20.2 Å². The molecule has 3 rings (SSSR count). The summed E-state index contributed by atoms with van der Waals surface area (Å²) in [5.74, 6) is -0.0972. The second-order valence-corrected chi connectivity index (χ2v) is 6.86. The Hall–Kier alpha value is -2.21. The number of methoxy groups -OCH3 is 1. The van der Waals surface area contributed by atoms with Gasteiger partial charge >= 0.3 is 0 Å². The lowest BCUT2D eigenvalue weighted by Crippen LogP contribution is -2.41. The Kier molecular flexibility index (Phi) is 6.04. The zero-order valence-corrected chi connectivity index (χ0v) is 15.6. The lowest BCUT2D eigenvalue weighted by molar-refractivity contribution is 0.0347. The Morgan fingerprint density at radius 2 is 1.88 bits per heavy atom. The molecule has 6 heteroatoms. The highest BCUT2D eigenvalue weighted by atomic mass is 16.5. The molecule has 1 fully saturated rings. The predicted molar refractivity (Wildman–Crippen MR) is 101 cm³/mol. The lowest BCUT2D eigenvalue weighted by atomic mass is 10.1. The average molecular weight is 357 g/mol. The molecule has 1 aromatic carbocycles. The van der Waals surface area contributed by atoms with Crippen LogP contribution in [0.2, 0.25) is 0 Å². The summed E-state index contributed by atoms with van der Waals surface area (Å²) in [4.78, 5) is 27.6. The van der Waals surface area contributed by atoms with Crippen molar-refractivity contribution < 1.29 is 9.53 Å². The van der Waals surface area contributed by atoms with E-state index < -0.39 is 0 Å². The fraction of sp³-hybridized carbons (Fsp3) is 0.550. The van der Waals surface area contributed by atoms with Gasteiger partial charge in [0.05, 0.1) is 11.5 Å². The van der Waals surface area contributed by atoms with Gasteiger partial charge in [-0.05, 0) is 25.3 Å². The molecule has 1 aliphatic heterocycles. The molecule has 0 radical (unpaired) electrons. The van der Waals surface area contributed by atoms with Crippen molar-refractivity contribution in [3.63, 3.8) is 0 Å². The van der Waals surface area contributed by atoms with E-state index in [1.807, 2.05) is 23.1 Å². The van der Waals surface area contributed by atoms with E-state index in [1.54, 1.807) is 13.2 Å². The standard InChI is InChI=1S/C20H27N3O3/c1-3-4-7-12-23-19(24)17-9-6-5-8-16(17)18(21-23)20(25)22-13-10-15(26-2)11-14-22/h5-6,8-9,15H,3-4,7,10-14H2,1-2H3. The summed E-state index contributed by atoms with van der Waals surface area (Å²) in [6.45, 7) is 3.98. The fourth-order valence-corrected chi connectivity index (χ4v) is 3.50. The van der Waals surface area contributed by atoms with Crippen LogP contribution in [-0.4, -0.2) is 46.9 Å². The maximum Gasteiger partial charge on any atom is 0.274 e. The molecule has 6 nitrogen and oxygen atoms in total. The zero-order chi connectivity index (χ0) is 18.5. The monoisotopic (exact) mass is 357 g/mol. The SMILES string of the molecule is CCCCCn1nc(C(=O)N2CCC(OC)CC2)c2ccccc2c1=O. The molecule has 1 aromatic heterocycles. The van der Waals surface area contributed by atoms with Crippen molar-refractivity contribution in [3.05, 3.63) is 40.3 Å². The molecule has 0 spiro atoms. The van der Waals surface area contributed by atoms with E-state index in [2.05, 4.69) is 12.0 Å². The topological polar surface area (TPSA) is 64.4 Å². The Morgan fingerprint density at radius 1 is 1.19 bits per heavy atom. The maximum atomic E-state index is 13.1. The van der Waals surface area contributed by atoms with Gasteiger partial charge in [0.15, 0.2) is 5.69 Å². The van der Waals surface area contributed by atoms with E-state index in [1.165, 1.54) is 4.68 Å². The molecule has 2 heterocycles. The number of carbonyl (C=O) groups is 1. The van der Waals surface area contributed by atoms with Crippen LogP contribution >= 0.6 is 0 Å². The Balaban J connectivity index is 1.94. The number of rotatable bonds is 6. The summed E-state index contributed by atoms with van der Waals surface area (Å²) in [6, 6.07) is 7.27. The number of hydrogen-bond donors (Lipinski definition) is 0. The van der Waals surface area contributed by atoms with Crippen LogP contribution in [-0.2, 0) is 11.3 Å². The quantitative estimate of drug-likeness (QED) is 0.746. The molecule has 0 bridgehead atoms. The van der Waals surface area contributed by atoms with E-state index in [0.717, 1.165) is 32.1 Å². The number of unbranched alkanes of at least 4 members (excludes halogenated alkanes) is 2. The van der Waals surface area contributed by atoms with Crippen LogP contribution in [0.15, 0.2) is 29.1 Å². The van der Waals surface area contributed by atoms with Crippen LogP contribution in [0.5, 0.6) is 0 Å². The first-order valence-electron chi connectivity index (χ1n) is 9.47. The molecular formula is C20H27N3O3. The molecule has 0 aliphatic carbocycles. The van der Waals surface area contributed by atoms with Gasteiger partial charge in [0.25, 0.3) is 11.5 Å². The Bertz CT molecular complexity index is 823. The molecule has 1 aliphatic rings. The number of ether oxygens (including phenoxy) is 1. The van der Waals surface area contributed by atoms with Crippen LogP contribution < -0.4 is 5.56 Å². The first-order valence-corrected chi connectivity index (χ1v) is 9.47. The van der Waals surface area contributed by atoms with Crippen molar-refractivity contribution in [3.8, 4) is 0 Å². The smallest absolute Gasteiger partial charge is 0.274 e. The van der Waals surface area contributed by atoms with Crippen molar-refractivity contribution in [1.29, 1.82) is 0 Å². The first kappa shape index (κ1) is 18.6. The summed E-state index contributed by atoms with van der Waals surface area (Å²) in [5, 5.41) is 5.67. The van der Waals surface area contributed by atoms with E-state index in [-0.39, 0.29) is 17.6 Å². The van der Waals surface area contributed by atoms with Gasteiger partial charge in [0, 0.05) is 32.1 Å². The van der Waals surface area contributed by atoms with Crippen LogP contribution in [0.4, 0.5) is 0 Å². The highest BCUT2D eigenvalue weighted by Gasteiger charge is 2.26. The molecule has 26 heavy (non-hydrogen) atoms. The first-order chi connectivity index (χ1) is 12.7. The second-order valence-electron chi connectivity index (χ2n) is 6.86. The Morgan fingerprint density at radius 3 is 2.54 bits per heavy atom. The minimum absolute atomic E-state index is 0.0972. The minimum atomic E-state index is -0.119. The number of aromatic nitrogens is 2. The van der Waals surface area contributed by atoms with Gasteiger partial charge in [-0.25, -0.2) is 4.68 Å². The van der Waals surface area contributed by atoms with Gasteiger partial charge in [0.2, 0.25) is 0 Å². The van der Waals surface area contributed by atoms with E-state index >= 15 is 0 Å². The zero-order valence-electron chi connectivity index (χ0n) is 15.6. The van der Waals surface area contributed by atoms with Crippen LogP contribution in [0.1, 0.15) is 49.5 Å². The average Bonchev–Trinajstić information content (AvgIpc) is 2.69. The number of nitrogens with zero attached hydrogens (tertiary/aromatic N) is 3. The molecular weight excluding hydrogens is 330 g/mol. The van der Waals surface area contributed by atoms with Gasteiger partial charge in [-0.1, -0.05) is 38.0 Å². The third kappa shape index (κ3) is 3.80. The highest BCUT2D eigenvalue weighted by molar-refractivity contribution is 6.04. The molecule has 140 valence electrons. The van der Waals surface area contributed by atoms with Crippen LogP contribution in [0, 0.1) is 0 Å². The van der Waals surface area contributed by atoms with Gasteiger partial charge < -0.3 is 9.64 Å². The van der Waals surface area contributed by atoms with Crippen molar-refractivity contribution in [1.82, 2.24) is 14.7 Å². The third-order valence-corrected chi connectivity index (χ3v) is 5.11. The van der Waals surface area contributed by atoms with E-state index in [9.17, 15) is 9.59 Å². The van der Waals surface area contributed by atoms with Gasteiger partial charge in [-0.3, -0.25) is 9.59 Å². The highest BCUT2D eigenvalue weighted by Crippen LogP contribution is 2.19. The summed E-state index contributed by atoms with van der Waals surface area (Å²) in [7, 11) is 1.71. The summed E-state index contributed by atoms with van der Waals surface area (Å²) < 4.78 is 6.85. The molecule has 1 amide bonds. The number of benzene rings is 1. The number of aryl methyl sites for hydroxylation is 1. The van der Waals surface area contributed by atoms with Crippen LogP contribution in [0.3, 0.4) is 0 Å². The minimum Gasteiger partial charge on any atom is -0.381 e. The lowest BCUT2D eigenvalue weighted by Gasteiger charge is -2.31. The summed E-state index contributed by atoms with van der Waals surface area (Å²) >= 11 is 0. The predicted octanol–water partition coefficient (Wildman–Crippen LogP) is 2.84. The molecule has 2 aromatic rings. The number of carbonyl (C=O) groups excluding carboxylic acids is 1. The molecule has 0 N–H and O–H groups in total. The summed E-state index contributed by atoms with van der Waals surface area (Å²) in [6.07, 6.45) is 4.87. The fourth-order valence-electron chi connectivity index (χ4n) is 3.50. The number of piperidine rings is 1. The third-order valence-electron chi connectivity index (χ3n) is 5.11. The molecule has 0 atom stereocenters. The van der Waals surface area contributed by atoms with E-state index in [0.29, 0.717) is 36.1 Å². The number of likely N-dealkylation sites (tertiary alicyclic amines) is 1. The summed E-state index contributed by atoms with van der Waals surface area (Å²) in [5.41, 5.74) is 0.263. The molecule has 0 unspecified atom stereocenters.